The molecule has 0 aliphatic heterocycles. The minimum atomic E-state index is 0.328. The van der Waals surface area contributed by atoms with Crippen LogP contribution in [0.15, 0.2) is 54.6 Å². The monoisotopic (exact) mass is 409 g/mol. The van der Waals surface area contributed by atoms with Crippen molar-refractivity contribution in [3.63, 3.8) is 0 Å². The molecule has 0 radical (unpaired) electrons. The van der Waals surface area contributed by atoms with Gasteiger partial charge in [-0.1, -0.05) is 115 Å². The maximum Gasteiger partial charge on any atom is 0.117 e. The second kappa shape index (κ2) is 15.8. The highest BCUT2D eigenvalue weighted by Gasteiger charge is 2.09. The Kier molecular flexibility index (Phi) is 12.8. The van der Waals surface area contributed by atoms with Crippen LogP contribution in [-0.2, 0) is 0 Å². The first kappa shape index (κ1) is 24.3. The molecule has 166 valence electrons. The van der Waals surface area contributed by atoms with E-state index in [-0.39, 0.29) is 0 Å². The summed E-state index contributed by atoms with van der Waals surface area (Å²) < 4.78 is 0. The third kappa shape index (κ3) is 10.2. The van der Waals surface area contributed by atoms with Crippen LogP contribution in [0.5, 0.6) is 5.75 Å². The van der Waals surface area contributed by atoms with Gasteiger partial charge in [-0.3, -0.25) is 0 Å². The summed E-state index contributed by atoms with van der Waals surface area (Å²) in [4.78, 5) is 2.32. The average Bonchev–Trinajstić information content (AvgIpc) is 2.77. The number of aromatic hydroxyl groups is 1. The van der Waals surface area contributed by atoms with E-state index in [1.807, 2.05) is 12.1 Å². The van der Waals surface area contributed by atoms with Gasteiger partial charge in [0.1, 0.15) is 5.75 Å². The number of hydrogen-bond donors (Lipinski definition) is 1. The Labute approximate surface area is 185 Å². The molecule has 0 aromatic heterocycles. The highest BCUT2D eigenvalue weighted by molar-refractivity contribution is 5.64. The molecular formula is C28H43NO. The van der Waals surface area contributed by atoms with Gasteiger partial charge < -0.3 is 10.0 Å². The van der Waals surface area contributed by atoms with E-state index in [9.17, 15) is 5.11 Å². The Morgan fingerprint density at radius 3 is 1.60 bits per heavy atom. The summed E-state index contributed by atoms with van der Waals surface area (Å²) >= 11 is 0. The van der Waals surface area contributed by atoms with E-state index in [2.05, 4.69) is 48.2 Å². The fourth-order valence-corrected chi connectivity index (χ4v) is 4.14. The predicted molar refractivity (Wildman–Crippen MR) is 132 cm³/mol. The molecule has 0 saturated carbocycles. The normalized spacial score (nSPS) is 11.0. The van der Waals surface area contributed by atoms with Crippen molar-refractivity contribution in [2.45, 2.75) is 96.8 Å². The Bertz CT molecular complexity index is 655. The third-order valence-electron chi connectivity index (χ3n) is 5.94. The van der Waals surface area contributed by atoms with Gasteiger partial charge in [-0.2, -0.15) is 0 Å². The lowest BCUT2D eigenvalue weighted by Crippen LogP contribution is -2.18. The first-order valence-corrected chi connectivity index (χ1v) is 12.4. The Morgan fingerprint density at radius 2 is 1.07 bits per heavy atom. The molecule has 2 nitrogen and oxygen atoms in total. The standard InChI is InChI=1S/C28H43NO/c1-2-3-4-5-6-7-8-9-10-11-12-13-14-18-24-29(26-20-16-15-17-21-26)27-22-19-23-28(30)25-27/h15-17,19-23,25,30H,2-14,18,24H2,1H3. The topological polar surface area (TPSA) is 23.5 Å². The maximum absolute atomic E-state index is 9.88. The van der Waals surface area contributed by atoms with E-state index in [0.29, 0.717) is 5.75 Å². The summed E-state index contributed by atoms with van der Waals surface area (Å²) in [6.07, 6.45) is 19.3. The summed E-state index contributed by atoms with van der Waals surface area (Å²) in [7, 11) is 0. The van der Waals surface area contributed by atoms with Crippen LogP contribution in [0.4, 0.5) is 11.4 Å². The zero-order valence-corrected chi connectivity index (χ0v) is 19.2. The number of para-hydroxylation sites is 1. The van der Waals surface area contributed by atoms with E-state index in [1.165, 1.54) is 95.6 Å². The maximum atomic E-state index is 9.88. The Balaban J connectivity index is 1.57. The molecule has 1 N–H and O–H groups in total. The summed E-state index contributed by atoms with van der Waals surface area (Å²) in [5, 5.41) is 9.88. The predicted octanol–water partition coefficient (Wildman–Crippen LogP) is 9.01. The second-order valence-electron chi connectivity index (χ2n) is 8.60. The molecular weight excluding hydrogens is 366 g/mol. The molecule has 0 heterocycles. The first-order chi connectivity index (χ1) is 14.8. The van der Waals surface area contributed by atoms with Crippen molar-refractivity contribution in [1.29, 1.82) is 0 Å². The van der Waals surface area contributed by atoms with Crippen LogP contribution in [0, 0.1) is 0 Å². The molecule has 0 aliphatic carbocycles. The highest BCUT2D eigenvalue weighted by atomic mass is 16.3. The number of phenolic OH excluding ortho intramolecular Hbond substituents is 1. The van der Waals surface area contributed by atoms with Gasteiger partial charge in [0.25, 0.3) is 0 Å². The molecule has 0 bridgehead atoms. The summed E-state index contributed by atoms with van der Waals surface area (Å²) in [6, 6.07) is 18.1. The summed E-state index contributed by atoms with van der Waals surface area (Å²) in [5.41, 5.74) is 2.26. The molecule has 2 rings (SSSR count). The van der Waals surface area contributed by atoms with Crippen molar-refractivity contribution in [1.82, 2.24) is 0 Å². The minimum Gasteiger partial charge on any atom is -0.508 e. The second-order valence-corrected chi connectivity index (χ2v) is 8.60. The van der Waals surface area contributed by atoms with Crippen molar-refractivity contribution < 1.29 is 5.11 Å². The van der Waals surface area contributed by atoms with Crippen LogP contribution in [0.1, 0.15) is 96.8 Å². The van der Waals surface area contributed by atoms with Gasteiger partial charge >= 0.3 is 0 Å². The van der Waals surface area contributed by atoms with Gasteiger partial charge in [-0.05, 0) is 30.7 Å². The summed E-state index contributed by atoms with van der Waals surface area (Å²) in [6.45, 7) is 3.28. The van der Waals surface area contributed by atoms with Crippen molar-refractivity contribution in [2.75, 3.05) is 11.4 Å². The van der Waals surface area contributed by atoms with Crippen molar-refractivity contribution in [2.24, 2.45) is 0 Å². The number of anilines is 2. The van der Waals surface area contributed by atoms with Crippen LogP contribution >= 0.6 is 0 Å². The highest BCUT2D eigenvalue weighted by Crippen LogP contribution is 2.28. The molecule has 0 aliphatic rings. The lowest BCUT2D eigenvalue weighted by molar-refractivity contribution is 0.475. The Hall–Kier alpha value is -1.96. The molecule has 0 atom stereocenters. The number of hydrogen-bond acceptors (Lipinski definition) is 2. The quantitative estimate of drug-likeness (QED) is 0.263. The first-order valence-electron chi connectivity index (χ1n) is 12.4. The van der Waals surface area contributed by atoms with Gasteiger partial charge in [0.05, 0.1) is 0 Å². The summed E-state index contributed by atoms with van der Waals surface area (Å²) in [5.74, 6) is 0.328. The Morgan fingerprint density at radius 1 is 0.567 bits per heavy atom. The zero-order valence-electron chi connectivity index (χ0n) is 19.2. The molecule has 30 heavy (non-hydrogen) atoms. The van der Waals surface area contributed by atoms with E-state index in [0.717, 1.165) is 12.2 Å². The van der Waals surface area contributed by atoms with Crippen molar-refractivity contribution in [3.05, 3.63) is 54.6 Å². The number of nitrogens with zero attached hydrogens (tertiary/aromatic N) is 1. The average molecular weight is 410 g/mol. The van der Waals surface area contributed by atoms with Crippen LogP contribution in [0.3, 0.4) is 0 Å². The fraction of sp³-hybridized carbons (Fsp3) is 0.571. The van der Waals surface area contributed by atoms with Crippen molar-refractivity contribution >= 4 is 11.4 Å². The van der Waals surface area contributed by atoms with Crippen LogP contribution in [0.2, 0.25) is 0 Å². The SMILES string of the molecule is CCCCCCCCCCCCCCCCN(c1ccccc1)c1cccc(O)c1. The van der Waals surface area contributed by atoms with Gasteiger partial charge in [0.2, 0.25) is 0 Å². The largest absolute Gasteiger partial charge is 0.508 e. The van der Waals surface area contributed by atoms with Crippen LogP contribution < -0.4 is 4.90 Å². The molecule has 2 aromatic rings. The van der Waals surface area contributed by atoms with Crippen LogP contribution in [0.25, 0.3) is 0 Å². The smallest absolute Gasteiger partial charge is 0.117 e. The van der Waals surface area contributed by atoms with E-state index in [4.69, 9.17) is 0 Å². The van der Waals surface area contributed by atoms with E-state index >= 15 is 0 Å². The molecule has 0 unspecified atom stereocenters. The van der Waals surface area contributed by atoms with Gasteiger partial charge in [-0.25, -0.2) is 0 Å². The third-order valence-corrected chi connectivity index (χ3v) is 5.94. The lowest BCUT2D eigenvalue weighted by atomic mass is 10.0. The lowest BCUT2D eigenvalue weighted by Gasteiger charge is -2.25. The number of rotatable bonds is 17. The van der Waals surface area contributed by atoms with Crippen molar-refractivity contribution in [3.8, 4) is 5.75 Å². The van der Waals surface area contributed by atoms with E-state index in [1.54, 1.807) is 6.07 Å². The van der Waals surface area contributed by atoms with Gasteiger partial charge in [0.15, 0.2) is 0 Å². The molecule has 0 fully saturated rings. The fourth-order valence-electron chi connectivity index (χ4n) is 4.14. The van der Waals surface area contributed by atoms with Crippen LogP contribution in [-0.4, -0.2) is 11.7 Å². The number of benzene rings is 2. The number of unbranched alkanes of at least 4 members (excludes halogenated alkanes) is 13. The molecule has 2 aromatic carbocycles. The van der Waals surface area contributed by atoms with Gasteiger partial charge in [0, 0.05) is 24.0 Å². The molecule has 2 heteroatoms. The molecule has 0 saturated heterocycles. The minimum absolute atomic E-state index is 0.328. The molecule has 0 amide bonds. The zero-order chi connectivity index (χ0) is 21.3. The van der Waals surface area contributed by atoms with E-state index < -0.39 is 0 Å². The molecule has 0 spiro atoms. The number of phenols is 1. The van der Waals surface area contributed by atoms with Gasteiger partial charge in [-0.15, -0.1) is 0 Å².